The Labute approximate surface area is 534 Å². The first-order valence-electron chi connectivity index (χ1n) is 38.1. The minimum absolute atomic E-state index is 0.0352. The van der Waals surface area contributed by atoms with Crippen molar-refractivity contribution >= 4 is 29.8 Å². The molecule has 0 aromatic rings. The Hall–Kier alpha value is -2.85. The lowest BCUT2D eigenvalue weighted by Crippen LogP contribution is -2.54. The summed E-state index contributed by atoms with van der Waals surface area (Å²) in [6.45, 7) is 17.1. The maximum Gasteiger partial charge on any atom is 0.407 e. The van der Waals surface area contributed by atoms with Gasteiger partial charge in [0.2, 0.25) is 11.8 Å². The fraction of sp³-hybridized carbons (Fsp3) is 0.934. The van der Waals surface area contributed by atoms with E-state index in [-0.39, 0.29) is 37.0 Å². The Kier molecular flexibility index (Phi) is 37.1. The molecular formula is C76H137N3O8. The fourth-order valence-corrected chi connectivity index (χ4v) is 18.0. The van der Waals surface area contributed by atoms with Crippen molar-refractivity contribution in [3.05, 3.63) is 0 Å². The van der Waals surface area contributed by atoms with Crippen LogP contribution in [0.2, 0.25) is 0 Å². The lowest BCUT2D eigenvalue weighted by Gasteiger charge is -2.61. The summed E-state index contributed by atoms with van der Waals surface area (Å²) in [5, 5.41) is 11.8. The molecule has 5 rings (SSSR count). The van der Waals surface area contributed by atoms with Crippen LogP contribution < -0.4 is 5.32 Å². The van der Waals surface area contributed by atoms with Crippen LogP contribution in [-0.2, 0) is 28.7 Å². The van der Waals surface area contributed by atoms with Crippen LogP contribution in [0, 0.1) is 46.3 Å². The Balaban J connectivity index is 0.975. The Morgan fingerprint density at radius 2 is 1.02 bits per heavy atom. The summed E-state index contributed by atoms with van der Waals surface area (Å²) in [5.41, 5.74) is 0.666. The van der Waals surface area contributed by atoms with Crippen LogP contribution in [0.15, 0.2) is 0 Å². The van der Waals surface area contributed by atoms with Gasteiger partial charge in [0.15, 0.2) is 0 Å². The summed E-state index contributed by atoms with van der Waals surface area (Å²) in [6, 6.07) is -0.0371. The Morgan fingerprint density at radius 3 is 1.55 bits per heavy atom. The monoisotopic (exact) mass is 1220 g/mol. The zero-order valence-electron chi connectivity index (χ0n) is 57.6. The third-order valence-electron chi connectivity index (χ3n) is 23.4. The van der Waals surface area contributed by atoms with Crippen LogP contribution in [0.1, 0.15) is 363 Å². The first-order chi connectivity index (χ1) is 42.2. The van der Waals surface area contributed by atoms with Gasteiger partial charge in [0.05, 0.1) is 19.4 Å². The second kappa shape index (κ2) is 43.1. The van der Waals surface area contributed by atoms with Gasteiger partial charge in [-0.1, -0.05) is 234 Å². The molecule has 0 spiro atoms. The number of rotatable bonds is 49. The lowest BCUT2D eigenvalue weighted by molar-refractivity contribution is -0.152. The molecule has 5 aliphatic rings. The number of fused-ring (bicyclic) bond motifs is 5. The lowest BCUT2D eigenvalue weighted by atomic mass is 9.44. The highest BCUT2D eigenvalue weighted by Crippen LogP contribution is 2.68. The van der Waals surface area contributed by atoms with E-state index in [9.17, 15) is 24.0 Å². The quantitative estimate of drug-likeness (QED) is 0.0453. The van der Waals surface area contributed by atoms with Gasteiger partial charge in [-0.25, -0.2) is 4.79 Å². The van der Waals surface area contributed by atoms with E-state index in [1.807, 2.05) is 6.92 Å². The number of hydrogen-bond acceptors (Lipinski definition) is 7. The smallest absolute Gasteiger partial charge is 0.407 e. The number of unbranched alkanes of at least 4 members (excludes halogenated alkanes) is 32. The summed E-state index contributed by atoms with van der Waals surface area (Å²) in [6.07, 6.45) is 58.8. The number of likely N-dealkylation sites (tertiary alicyclic amines) is 1. The number of carbonyl (C=O) groups is 5. The topological polar surface area (TPSA) is 143 Å². The second-order valence-corrected chi connectivity index (χ2v) is 30.1. The van der Waals surface area contributed by atoms with Gasteiger partial charge in [-0.2, -0.15) is 0 Å². The van der Waals surface area contributed by atoms with Crippen LogP contribution in [0.5, 0.6) is 0 Å². The molecule has 11 atom stereocenters. The molecule has 0 bridgehead atoms. The van der Waals surface area contributed by atoms with E-state index in [4.69, 9.17) is 14.6 Å². The van der Waals surface area contributed by atoms with Gasteiger partial charge in [0, 0.05) is 44.9 Å². The molecule has 11 nitrogen and oxygen atoms in total. The van der Waals surface area contributed by atoms with Crippen molar-refractivity contribution in [1.29, 1.82) is 0 Å². The molecule has 1 saturated heterocycles. The molecular weight excluding hydrogens is 1080 g/mol. The highest BCUT2D eigenvalue weighted by molar-refractivity contribution is 5.78. The van der Waals surface area contributed by atoms with E-state index in [1.54, 1.807) is 4.90 Å². The summed E-state index contributed by atoms with van der Waals surface area (Å²) in [7, 11) is 0. The molecule has 0 radical (unpaired) electrons. The highest BCUT2D eigenvalue weighted by atomic mass is 16.6. The third-order valence-corrected chi connectivity index (χ3v) is 23.4. The zero-order valence-corrected chi connectivity index (χ0v) is 57.6. The van der Waals surface area contributed by atoms with Gasteiger partial charge >= 0.3 is 18.0 Å². The third kappa shape index (κ3) is 27.1. The van der Waals surface area contributed by atoms with Crippen molar-refractivity contribution in [3.8, 4) is 0 Å². The number of amides is 3. The SMILES string of the molecule is CCCCCCCCCCCCCCCCCCN(CCCCCCCCCCCCCCCCCC)C(=O)CC[C@@H](C)[C@H]1CCC2C3CC[C@@H]4C[C@H](OC(=O)NCCCCCC(=O)N5C[C@H](OC(=O)CCC(=O)O)C[C@H]5C)CC[C@]4(C)C3CC[C@@]21C. The van der Waals surface area contributed by atoms with Crippen LogP contribution in [-0.4, -0.2) is 89.2 Å². The van der Waals surface area contributed by atoms with Crippen molar-refractivity contribution in [2.45, 2.75) is 381 Å². The maximum atomic E-state index is 14.3. The van der Waals surface area contributed by atoms with Crippen molar-refractivity contribution < 1.29 is 38.6 Å². The minimum Gasteiger partial charge on any atom is -0.481 e. The first kappa shape index (κ1) is 74.9. The van der Waals surface area contributed by atoms with Gasteiger partial charge in [-0.3, -0.25) is 19.2 Å². The summed E-state index contributed by atoms with van der Waals surface area (Å²) >= 11 is 0. The van der Waals surface area contributed by atoms with Crippen molar-refractivity contribution in [2.75, 3.05) is 26.2 Å². The molecule has 0 aromatic carbocycles. The molecule has 4 aliphatic carbocycles. The predicted molar refractivity (Wildman–Crippen MR) is 359 cm³/mol. The van der Waals surface area contributed by atoms with Crippen LogP contribution in [0.4, 0.5) is 4.79 Å². The molecule has 3 unspecified atom stereocenters. The number of nitrogens with one attached hydrogen (secondary N) is 1. The molecule has 3 amide bonds. The van der Waals surface area contributed by atoms with Gasteiger partial charge in [0.1, 0.15) is 12.2 Å². The summed E-state index contributed by atoms with van der Waals surface area (Å²) in [4.78, 5) is 67.3. The van der Waals surface area contributed by atoms with E-state index in [0.29, 0.717) is 66.8 Å². The molecule has 1 heterocycles. The molecule has 87 heavy (non-hydrogen) atoms. The van der Waals surface area contributed by atoms with Crippen LogP contribution in [0.25, 0.3) is 0 Å². The molecule has 504 valence electrons. The normalized spacial score (nSPS) is 26.2. The van der Waals surface area contributed by atoms with Crippen molar-refractivity contribution in [1.82, 2.24) is 15.1 Å². The molecule has 4 saturated carbocycles. The number of alkyl carbamates (subject to hydrolysis) is 1. The van der Waals surface area contributed by atoms with E-state index < -0.39 is 18.0 Å². The van der Waals surface area contributed by atoms with Crippen LogP contribution >= 0.6 is 0 Å². The number of ether oxygens (including phenoxy) is 2. The molecule has 1 aliphatic heterocycles. The highest BCUT2D eigenvalue weighted by Gasteiger charge is 2.61. The largest absolute Gasteiger partial charge is 0.481 e. The second-order valence-electron chi connectivity index (χ2n) is 30.1. The number of aliphatic carboxylic acids is 1. The fourth-order valence-electron chi connectivity index (χ4n) is 18.0. The van der Waals surface area contributed by atoms with Crippen molar-refractivity contribution in [3.63, 3.8) is 0 Å². The van der Waals surface area contributed by atoms with Gasteiger partial charge in [-0.05, 0) is 143 Å². The standard InChI is InChI=1S/C76H137N3O8/c1-7-9-11-13-15-17-19-21-23-25-27-29-31-33-35-40-56-78(57-41-36-34-32-30-28-26-24-22-20-18-16-14-12-10-8-2)70(80)48-43-61(3)67-46-47-68-66-45-44-63-59-64(51-53-75(63,5)69(66)52-54-76(67,68)6)87-74(85)77-55-39-37-38-42-71(81)79-60-65(58-62(79)4)86-73(84)50-49-72(82)83/h61-69H,7-60H2,1-6H3,(H,77,85)(H,82,83)/t61-,62-,63-,64-,65-,66?,67-,68?,69?,75+,76-/m1/s1. The number of hydrogen-bond donors (Lipinski definition) is 2. The van der Waals surface area contributed by atoms with E-state index in [2.05, 4.69) is 44.8 Å². The van der Waals surface area contributed by atoms with Gasteiger partial charge in [-0.15, -0.1) is 0 Å². The molecule has 0 aromatic heterocycles. The minimum atomic E-state index is -1.03. The first-order valence-corrected chi connectivity index (χ1v) is 38.1. The van der Waals surface area contributed by atoms with E-state index >= 15 is 0 Å². The summed E-state index contributed by atoms with van der Waals surface area (Å²) < 4.78 is 11.6. The number of carbonyl (C=O) groups excluding carboxylic acids is 4. The Morgan fingerprint density at radius 1 is 0.529 bits per heavy atom. The molecule has 5 fully saturated rings. The van der Waals surface area contributed by atoms with Gasteiger partial charge < -0.3 is 29.7 Å². The maximum absolute atomic E-state index is 14.3. The van der Waals surface area contributed by atoms with Crippen molar-refractivity contribution in [2.24, 2.45) is 46.3 Å². The number of nitrogens with zero attached hydrogens (tertiary/aromatic N) is 2. The van der Waals surface area contributed by atoms with Gasteiger partial charge in [0.25, 0.3) is 0 Å². The average molecular weight is 1220 g/mol. The van der Waals surface area contributed by atoms with Crippen LogP contribution in [0.3, 0.4) is 0 Å². The molecule has 11 heteroatoms. The average Bonchev–Trinajstić information content (AvgIpc) is 1.87. The predicted octanol–water partition coefficient (Wildman–Crippen LogP) is 20.5. The van der Waals surface area contributed by atoms with E-state index in [1.165, 1.54) is 231 Å². The zero-order chi connectivity index (χ0) is 62.5. The number of carboxylic acid groups (broad SMARTS) is 1. The number of esters is 1. The number of carboxylic acids is 1. The van der Waals surface area contributed by atoms with E-state index in [0.717, 1.165) is 88.6 Å². The Bertz CT molecular complexity index is 1860. The summed E-state index contributed by atoms with van der Waals surface area (Å²) in [5.74, 6) is 3.07. The molecule has 2 N–H and O–H groups in total.